The zero-order chi connectivity index (χ0) is 37.5. The highest BCUT2D eigenvalue weighted by Crippen LogP contribution is 2.48. The van der Waals surface area contributed by atoms with E-state index >= 15 is 0 Å². The van der Waals surface area contributed by atoms with E-state index in [4.69, 9.17) is 28.4 Å². The van der Waals surface area contributed by atoms with Crippen LogP contribution in [0.5, 0.6) is 0 Å². The summed E-state index contributed by atoms with van der Waals surface area (Å²) in [6.45, 7) is 23.8. The van der Waals surface area contributed by atoms with E-state index < -0.39 is 24.4 Å². The Balaban J connectivity index is 1.12. The molecular formula is C37H64N4O10. The van der Waals surface area contributed by atoms with Crippen molar-refractivity contribution >= 4 is 12.2 Å². The second kappa shape index (κ2) is 17.5. The van der Waals surface area contributed by atoms with Crippen molar-refractivity contribution in [2.24, 2.45) is 21.7 Å². The molecule has 51 heavy (non-hydrogen) atoms. The number of hydrogen-bond acceptors (Lipinski definition) is 12. The third kappa shape index (κ3) is 14.0. The SMILES string of the molecule is C=C1COC(CNCC2(C)CC(OC(=O)NCC(O)CC(O)CNC(=O)OC3CC(C)(C)CC(C)(CNCC4OCC(=C)O4)C3)CC(C)(C)C2)O1. The highest BCUT2D eigenvalue weighted by Gasteiger charge is 2.44. The molecule has 2 saturated heterocycles. The molecule has 292 valence electrons. The summed E-state index contributed by atoms with van der Waals surface area (Å²) >= 11 is 0. The summed E-state index contributed by atoms with van der Waals surface area (Å²) in [4.78, 5) is 25.4. The fourth-order valence-corrected chi connectivity index (χ4v) is 8.85. The molecule has 2 saturated carbocycles. The summed E-state index contributed by atoms with van der Waals surface area (Å²) in [7, 11) is 0. The van der Waals surface area contributed by atoms with Crippen LogP contribution in [0.4, 0.5) is 9.59 Å². The largest absolute Gasteiger partial charge is 0.466 e. The molecule has 4 fully saturated rings. The molecule has 0 bridgehead atoms. The second-order valence-corrected chi connectivity index (χ2v) is 17.5. The van der Waals surface area contributed by atoms with E-state index in [-0.39, 0.29) is 66.0 Å². The Labute approximate surface area is 303 Å². The van der Waals surface area contributed by atoms with Crippen molar-refractivity contribution in [2.45, 2.75) is 123 Å². The van der Waals surface area contributed by atoms with E-state index in [1.165, 1.54) is 0 Å². The third-order valence-corrected chi connectivity index (χ3v) is 10.0. The number of carbonyl (C=O) groups excluding carboxylic acids is 2. The molecule has 4 aliphatic rings. The van der Waals surface area contributed by atoms with Crippen LogP contribution >= 0.6 is 0 Å². The maximum absolute atomic E-state index is 12.7. The number of aliphatic hydroxyl groups is 2. The molecule has 8 atom stereocenters. The van der Waals surface area contributed by atoms with Gasteiger partial charge >= 0.3 is 12.2 Å². The van der Waals surface area contributed by atoms with Crippen molar-refractivity contribution in [3.05, 3.63) is 24.7 Å². The van der Waals surface area contributed by atoms with Crippen LogP contribution in [0.2, 0.25) is 0 Å². The second-order valence-electron chi connectivity index (χ2n) is 17.5. The first-order valence-corrected chi connectivity index (χ1v) is 18.4. The van der Waals surface area contributed by atoms with Gasteiger partial charge in [-0.25, -0.2) is 9.59 Å². The molecule has 14 nitrogen and oxygen atoms in total. The molecule has 0 aromatic rings. The van der Waals surface area contributed by atoms with Gasteiger partial charge in [-0.1, -0.05) is 54.7 Å². The fraction of sp³-hybridized carbons (Fsp3) is 0.838. The topological polar surface area (TPSA) is 178 Å². The molecule has 0 aromatic carbocycles. The van der Waals surface area contributed by atoms with E-state index in [0.29, 0.717) is 63.8 Å². The lowest BCUT2D eigenvalue weighted by atomic mass is 9.63. The lowest BCUT2D eigenvalue weighted by molar-refractivity contribution is -0.0400. The van der Waals surface area contributed by atoms with Gasteiger partial charge in [-0.15, -0.1) is 0 Å². The van der Waals surface area contributed by atoms with E-state index in [1.807, 2.05) is 0 Å². The van der Waals surface area contributed by atoms with Gasteiger partial charge in [0, 0.05) is 32.6 Å². The Morgan fingerprint density at radius 2 is 1.12 bits per heavy atom. The van der Waals surface area contributed by atoms with Crippen molar-refractivity contribution in [3.8, 4) is 0 Å². The summed E-state index contributed by atoms with van der Waals surface area (Å²) in [6, 6.07) is 0. The lowest BCUT2D eigenvalue weighted by Crippen LogP contribution is -2.47. The van der Waals surface area contributed by atoms with Gasteiger partial charge in [0.15, 0.2) is 0 Å². The maximum Gasteiger partial charge on any atom is 0.407 e. The van der Waals surface area contributed by atoms with E-state index in [1.54, 1.807) is 0 Å². The van der Waals surface area contributed by atoms with Crippen LogP contribution < -0.4 is 21.3 Å². The van der Waals surface area contributed by atoms with Crippen LogP contribution in [0.3, 0.4) is 0 Å². The van der Waals surface area contributed by atoms with Crippen LogP contribution in [0.25, 0.3) is 0 Å². The summed E-state index contributed by atoms with van der Waals surface area (Å²) in [5, 5.41) is 33.1. The van der Waals surface area contributed by atoms with Gasteiger partial charge < -0.3 is 59.9 Å². The first-order valence-electron chi connectivity index (χ1n) is 18.4. The van der Waals surface area contributed by atoms with Crippen LogP contribution in [0.1, 0.15) is 86.5 Å². The monoisotopic (exact) mass is 724 g/mol. The van der Waals surface area contributed by atoms with Gasteiger partial charge in [-0.05, 0) is 60.2 Å². The third-order valence-electron chi connectivity index (χ3n) is 10.0. The van der Waals surface area contributed by atoms with Crippen molar-refractivity contribution in [2.75, 3.05) is 52.5 Å². The number of amides is 2. The Hall–Kier alpha value is -2.62. The summed E-state index contributed by atoms with van der Waals surface area (Å²) in [5.41, 5.74) is -0.290. The Kier molecular flexibility index (Phi) is 14.1. The van der Waals surface area contributed by atoms with Crippen molar-refractivity contribution in [1.82, 2.24) is 21.3 Å². The van der Waals surface area contributed by atoms with Crippen LogP contribution in [-0.4, -0.2) is 112 Å². The molecule has 4 rings (SSSR count). The molecule has 0 radical (unpaired) electrons. The molecule has 0 spiro atoms. The first kappa shape index (κ1) is 41.1. The van der Waals surface area contributed by atoms with E-state index in [0.717, 1.165) is 25.7 Å². The number of aliphatic hydroxyl groups excluding tert-OH is 2. The Morgan fingerprint density at radius 3 is 1.47 bits per heavy atom. The Bertz CT molecular complexity index is 1130. The molecule has 2 amide bonds. The van der Waals surface area contributed by atoms with Gasteiger partial charge in [0.25, 0.3) is 0 Å². The molecule has 14 heteroatoms. The zero-order valence-electron chi connectivity index (χ0n) is 31.6. The number of nitrogens with one attached hydrogen (secondary N) is 4. The Morgan fingerprint density at radius 1 is 0.725 bits per heavy atom. The van der Waals surface area contributed by atoms with Crippen LogP contribution in [-0.2, 0) is 28.4 Å². The van der Waals surface area contributed by atoms with Crippen LogP contribution in [0, 0.1) is 21.7 Å². The molecule has 0 aromatic heterocycles. The number of carbonyl (C=O) groups is 2. The zero-order valence-corrected chi connectivity index (χ0v) is 31.6. The van der Waals surface area contributed by atoms with Gasteiger partial charge in [0.2, 0.25) is 12.6 Å². The number of alkyl carbamates (subject to hydrolysis) is 2. The van der Waals surface area contributed by atoms with Gasteiger partial charge in [-0.2, -0.15) is 0 Å². The molecule has 2 heterocycles. The normalized spacial score (nSPS) is 32.7. The quantitative estimate of drug-likeness (QED) is 0.136. The van der Waals surface area contributed by atoms with Gasteiger partial charge in [0.1, 0.15) is 36.9 Å². The highest BCUT2D eigenvalue weighted by molar-refractivity contribution is 5.67. The average Bonchev–Trinajstić information content (AvgIpc) is 3.59. The predicted molar refractivity (Wildman–Crippen MR) is 190 cm³/mol. The fourth-order valence-electron chi connectivity index (χ4n) is 8.85. The predicted octanol–water partition coefficient (Wildman–Crippen LogP) is 3.67. The van der Waals surface area contributed by atoms with Crippen molar-refractivity contribution in [3.63, 3.8) is 0 Å². The standard InChI is InChI=1S/C37H64N4O10/c1-24-18-46-30(48-24)16-38-22-36(7)12-28(10-34(3,4)20-36)50-32(44)40-14-26(42)9-27(43)15-41-33(45)51-29-11-35(5,6)21-37(8,13-29)23-39-17-31-47-19-25(2)49-31/h26-31,38-39,42-43H,1-2,9-23H2,3-8H3,(H,40,44)(H,41,45). The smallest absolute Gasteiger partial charge is 0.407 e. The summed E-state index contributed by atoms with van der Waals surface area (Å²) in [5.74, 6) is 1.26. The van der Waals surface area contributed by atoms with Crippen molar-refractivity contribution in [1.29, 1.82) is 0 Å². The molecule has 6 N–H and O–H groups in total. The summed E-state index contributed by atoms with van der Waals surface area (Å²) < 4.78 is 33.7. The minimum absolute atomic E-state index is 0.0347. The van der Waals surface area contributed by atoms with E-state index in [9.17, 15) is 19.8 Å². The van der Waals surface area contributed by atoms with Crippen LogP contribution in [0.15, 0.2) is 24.7 Å². The van der Waals surface area contributed by atoms with E-state index in [2.05, 4.69) is 76.0 Å². The molecule has 2 aliphatic carbocycles. The van der Waals surface area contributed by atoms with Gasteiger partial charge in [-0.3, -0.25) is 0 Å². The molecule has 2 aliphatic heterocycles. The lowest BCUT2D eigenvalue weighted by Gasteiger charge is -2.46. The van der Waals surface area contributed by atoms with Gasteiger partial charge in [0.05, 0.1) is 25.3 Å². The molecule has 8 unspecified atom stereocenters. The number of hydrogen-bond donors (Lipinski definition) is 6. The minimum atomic E-state index is -1.04. The molecular weight excluding hydrogens is 660 g/mol. The summed E-state index contributed by atoms with van der Waals surface area (Å²) in [6.07, 6.45) is 0.146. The minimum Gasteiger partial charge on any atom is -0.466 e. The highest BCUT2D eigenvalue weighted by atomic mass is 16.7. The number of ether oxygens (including phenoxy) is 6. The van der Waals surface area contributed by atoms with Crippen molar-refractivity contribution < 1.29 is 48.2 Å². The first-order chi connectivity index (χ1) is 23.8. The average molecular weight is 725 g/mol. The number of rotatable bonds is 16. The maximum atomic E-state index is 12.7.